The number of nitrogens with zero attached hydrogens (tertiary/aromatic N) is 3. The van der Waals surface area contributed by atoms with Crippen LogP contribution in [0.25, 0.3) is 0 Å². The minimum absolute atomic E-state index is 0.410. The smallest absolute Gasteiger partial charge is 0.142 e. The highest BCUT2D eigenvalue weighted by Crippen LogP contribution is 2.10. The normalized spacial score (nSPS) is 9.65. The van der Waals surface area contributed by atoms with Gasteiger partial charge in [-0.05, 0) is 30.7 Å². The lowest BCUT2D eigenvalue weighted by Crippen LogP contribution is -2.03. The van der Waals surface area contributed by atoms with E-state index >= 15 is 0 Å². The van der Waals surface area contributed by atoms with Crippen molar-refractivity contribution in [2.24, 2.45) is 0 Å². The van der Waals surface area contributed by atoms with Gasteiger partial charge in [0.1, 0.15) is 11.8 Å². The van der Waals surface area contributed by atoms with E-state index in [0.29, 0.717) is 12.2 Å². The standard InChI is InChI=1S/C13H12N4/c1-10-3-2-5-16-13(10)9-17-11-4-6-15-12(7-11)8-14/h2-7H,9H2,1H3,(H,15,17). The molecule has 0 atom stereocenters. The number of anilines is 1. The first-order valence-corrected chi connectivity index (χ1v) is 5.30. The molecular formula is C13H12N4. The number of hydrogen-bond acceptors (Lipinski definition) is 4. The van der Waals surface area contributed by atoms with Crippen LogP contribution in [0.3, 0.4) is 0 Å². The summed E-state index contributed by atoms with van der Waals surface area (Å²) in [6.45, 7) is 2.67. The molecule has 2 heterocycles. The van der Waals surface area contributed by atoms with Crippen LogP contribution in [0.15, 0.2) is 36.7 Å². The van der Waals surface area contributed by atoms with Gasteiger partial charge in [-0.25, -0.2) is 4.98 Å². The largest absolute Gasteiger partial charge is 0.379 e. The molecule has 0 fully saturated rings. The molecule has 2 aromatic rings. The maximum atomic E-state index is 8.74. The summed E-state index contributed by atoms with van der Waals surface area (Å²) in [5.41, 5.74) is 3.44. The lowest BCUT2D eigenvalue weighted by Gasteiger charge is -2.07. The fourth-order valence-electron chi connectivity index (χ4n) is 1.49. The Hall–Kier alpha value is -2.41. The molecule has 0 aliphatic carbocycles. The monoisotopic (exact) mass is 224 g/mol. The van der Waals surface area contributed by atoms with E-state index in [-0.39, 0.29) is 0 Å². The molecule has 0 saturated heterocycles. The van der Waals surface area contributed by atoms with Gasteiger partial charge in [-0.2, -0.15) is 5.26 Å². The molecule has 0 amide bonds. The van der Waals surface area contributed by atoms with Crippen LogP contribution in [0.2, 0.25) is 0 Å². The van der Waals surface area contributed by atoms with Crippen molar-refractivity contribution >= 4 is 5.69 Å². The molecule has 0 bridgehead atoms. The van der Waals surface area contributed by atoms with Crippen LogP contribution >= 0.6 is 0 Å². The van der Waals surface area contributed by atoms with Crippen LogP contribution in [0.5, 0.6) is 0 Å². The van der Waals surface area contributed by atoms with Gasteiger partial charge in [-0.1, -0.05) is 6.07 Å². The molecule has 0 unspecified atom stereocenters. The van der Waals surface area contributed by atoms with E-state index in [1.807, 2.05) is 31.2 Å². The van der Waals surface area contributed by atoms with Crippen molar-refractivity contribution in [1.82, 2.24) is 9.97 Å². The third kappa shape index (κ3) is 2.79. The molecule has 4 nitrogen and oxygen atoms in total. The highest BCUT2D eigenvalue weighted by Gasteiger charge is 1.99. The van der Waals surface area contributed by atoms with E-state index in [0.717, 1.165) is 16.9 Å². The van der Waals surface area contributed by atoms with Gasteiger partial charge in [0.2, 0.25) is 0 Å². The van der Waals surface area contributed by atoms with Crippen molar-refractivity contribution in [3.05, 3.63) is 53.6 Å². The van der Waals surface area contributed by atoms with Crippen LogP contribution in [-0.2, 0) is 6.54 Å². The Bertz CT molecular complexity index is 557. The molecule has 0 saturated carbocycles. The number of nitriles is 1. The quantitative estimate of drug-likeness (QED) is 0.868. The summed E-state index contributed by atoms with van der Waals surface area (Å²) in [7, 11) is 0. The van der Waals surface area contributed by atoms with Gasteiger partial charge in [0.15, 0.2) is 0 Å². The number of nitrogens with one attached hydrogen (secondary N) is 1. The lowest BCUT2D eigenvalue weighted by atomic mass is 10.2. The molecule has 0 aromatic carbocycles. The third-order valence-electron chi connectivity index (χ3n) is 2.45. The molecular weight excluding hydrogens is 212 g/mol. The predicted molar refractivity (Wildman–Crippen MR) is 65.3 cm³/mol. The average molecular weight is 224 g/mol. The van der Waals surface area contributed by atoms with Gasteiger partial charge < -0.3 is 5.32 Å². The molecule has 17 heavy (non-hydrogen) atoms. The molecule has 0 spiro atoms. The lowest BCUT2D eigenvalue weighted by molar-refractivity contribution is 1.02. The van der Waals surface area contributed by atoms with Crippen molar-refractivity contribution in [2.75, 3.05) is 5.32 Å². The highest BCUT2D eigenvalue weighted by atomic mass is 14.9. The Labute approximate surface area is 100.0 Å². The summed E-state index contributed by atoms with van der Waals surface area (Å²) in [5, 5.41) is 12.0. The van der Waals surface area contributed by atoms with E-state index in [4.69, 9.17) is 5.26 Å². The van der Waals surface area contributed by atoms with E-state index < -0.39 is 0 Å². The van der Waals surface area contributed by atoms with Crippen molar-refractivity contribution in [3.63, 3.8) is 0 Å². The third-order valence-corrected chi connectivity index (χ3v) is 2.45. The molecule has 4 heteroatoms. The summed E-state index contributed by atoms with van der Waals surface area (Å²) in [6, 6.07) is 9.50. The molecule has 84 valence electrons. The van der Waals surface area contributed by atoms with Crippen molar-refractivity contribution in [1.29, 1.82) is 5.26 Å². The van der Waals surface area contributed by atoms with Crippen LogP contribution in [0, 0.1) is 18.3 Å². The van der Waals surface area contributed by atoms with Gasteiger partial charge in [-0.3, -0.25) is 4.98 Å². The van der Waals surface area contributed by atoms with Gasteiger partial charge >= 0.3 is 0 Å². The number of rotatable bonds is 3. The Kier molecular flexibility index (Phi) is 3.31. The predicted octanol–water partition coefficient (Wildman–Crippen LogP) is 2.27. The van der Waals surface area contributed by atoms with Gasteiger partial charge in [0.25, 0.3) is 0 Å². The molecule has 2 rings (SSSR count). The Morgan fingerprint density at radius 3 is 2.94 bits per heavy atom. The topological polar surface area (TPSA) is 61.6 Å². The van der Waals surface area contributed by atoms with Crippen molar-refractivity contribution in [2.45, 2.75) is 13.5 Å². The molecule has 0 radical (unpaired) electrons. The number of hydrogen-bond donors (Lipinski definition) is 1. The summed E-state index contributed by atoms with van der Waals surface area (Å²) in [4.78, 5) is 8.21. The van der Waals surface area contributed by atoms with Crippen molar-refractivity contribution < 1.29 is 0 Å². The van der Waals surface area contributed by atoms with Crippen LogP contribution in [-0.4, -0.2) is 9.97 Å². The summed E-state index contributed by atoms with van der Waals surface area (Å²) in [6.07, 6.45) is 3.39. The summed E-state index contributed by atoms with van der Waals surface area (Å²) >= 11 is 0. The molecule has 0 aliphatic heterocycles. The first kappa shape index (κ1) is 11.1. The van der Waals surface area contributed by atoms with Crippen LogP contribution in [0.4, 0.5) is 5.69 Å². The Morgan fingerprint density at radius 2 is 2.18 bits per heavy atom. The van der Waals surface area contributed by atoms with Crippen molar-refractivity contribution in [3.8, 4) is 6.07 Å². The average Bonchev–Trinajstić information content (AvgIpc) is 2.38. The maximum absolute atomic E-state index is 8.74. The molecule has 0 aliphatic rings. The SMILES string of the molecule is Cc1cccnc1CNc1ccnc(C#N)c1. The minimum atomic E-state index is 0.410. The summed E-state index contributed by atoms with van der Waals surface area (Å²) < 4.78 is 0. The zero-order chi connectivity index (χ0) is 12.1. The van der Waals surface area contributed by atoms with Gasteiger partial charge in [-0.15, -0.1) is 0 Å². The summed E-state index contributed by atoms with van der Waals surface area (Å²) in [5.74, 6) is 0. The maximum Gasteiger partial charge on any atom is 0.142 e. The zero-order valence-corrected chi connectivity index (χ0v) is 9.51. The molecule has 1 N–H and O–H groups in total. The van der Waals surface area contributed by atoms with E-state index in [1.165, 1.54) is 0 Å². The molecule has 2 aromatic heterocycles. The van der Waals surface area contributed by atoms with Gasteiger partial charge in [0, 0.05) is 18.1 Å². The Balaban J connectivity index is 2.08. The fraction of sp³-hybridized carbons (Fsp3) is 0.154. The Morgan fingerprint density at radius 1 is 1.29 bits per heavy atom. The van der Waals surface area contributed by atoms with E-state index in [2.05, 4.69) is 15.3 Å². The van der Waals surface area contributed by atoms with E-state index in [1.54, 1.807) is 18.5 Å². The number of pyridine rings is 2. The van der Waals surface area contributed by atoms with E-state index in [9.17, 15) is 0 Å². The number of aromatic nitrogens is 2. The minimum Gasteiger partial charge on any atom is -0.379 e. The first-order chi connectivity index (χ1) is 8.29. The van der Waals surface area contributed by atoms with Crippen LogP contribution < -0.4 is 5.32 Å². The second-order valence-electron chi connectivity index (χ2n) is 3.66. The fourth-order valence-corrected chi connectivity index (χ4v) is 1.49. The van der Waals surface area contributed by atoms with Gasteiger partial charge in [0.05, 0.1) is 12.2 Å². The zero-order valence-electron chi connectivity index (χ0n) is 9.51. The van der Waals surface area contributed by atoms with Crippen LogP contribution in [0.1, 0.15) is 17.0 Å². The highest BCUT2D eigenvalue weighted by molar-refractivity contribution is 5.46. The first-order valence-electron chi connectivity index (χ1n) is 5.30. The number of aryl methyl sites for hydroxylation is 1. The second-order valence-corrected chi connectivity index (χ2v) is 3.66. The second kappa shape index (κ2) is 5.08.